The molecular weight excluding hydrogens is 352 g/mol. The summed E-state index contributed by atoms with van der Waals surface area (Å²) in [6.45, 7) is 22.1. The maximum atomic E-state index is 11.1. The Kier molecular flexibility index (Phi) is 6.44. The van der Waals surface area contributed by atoms with E-state index >= 15 is 0 Å². The molecule has 5 atom stereocenters. The van der Waals surface area contributed by atoms with Crippen molar-refractivity contribution >= 4 is 0 Å². The molecule has 28 heavy (non-hydrogen) atoms. The Bertz CT molecular complexity index is 553. The van der Waals surface area contributed by atoms with Crippen LogP contribution >= 0.6 is 0 Å². The second kappa shape index (κ2) is 7.49. The molecule has 0 aliphatic heterocycles. The van der Waals surface area contributed by atoms with Crippen molar-refractivity contribution in [2.24, 2.45) is 34.5 Å². The molecule has 2 fully saturated rings. The van der Waals surface area contributed by atoms with Crippen LogP contribution in [0.4, 0.5) is 0 Å². The first kappa shape index (κ1) is 24.1. The molecule has 0 aromatic rings. The molecule has 0 spiro atoms. The average molecular weight is 399 g/mol. The van der Waals surface area contributed by atoms with Gasteiger partial charge in [0.05, 0.1) is 5.60 Å². The highest BCUT2D eigenvalue weighted by Crippen LogP contribution is 2.66. The van der Waals surface area contributed by atoms with E-state index in [1.165, 1.54) is 0 Å². The van der Waals surface area contributed by atoms with E-state index in [0.29, 0.717) is 17.8 Å². The standard InChI is InChI=1S/C23H46N2O3/c1-11-19(4,5)25(28-27-24)20(6,7)23-12-16(2)17(3)18(14-23)13-22(10,15-23)21(8,9)26/h16-18,26H,11-15,24H2,1-10H3. The van der Waals surface area contributed by atoms with Gasteiger partial charge in [-0.25, -0.2) is 0 Å². The lowest BCUT2D eigenvalue weighted by atomic mass is 9.43. The van der Waals surface area contributed by atoms with Gasteiger partial charge in [-0.05, 0) is 102 Å². The van der Waals surface area contributed by atoms with Crippen molar-refractivity contribution in [1.29, 1.82) is 0 Å². The number of nitrogens with two attached hydrogens (primary N) is 1. The zero-order valence-corrected chi connectivity index (χ0v) is 20.1. The molecule has 2 bridgehead atoms. The topological polar surface area (TPSA) is 68.0 Å². The van der Waals surface area contributed by atoms with Crippen molar-refractivity contribution in [3.05, 3.63) is 0 Å². The number of hydrogen-bond acceptors (Lipinski definition) is 5. The van der Waals surface area contributed by atoms with Gasteiger partial charge in [-0.2, -0.15) is 5.90 Å². The highest BCUT2D eigenvalue weighted by atomic mass is 17.3. The predicted octanol–water partition coefficient (Wildman–Crippen LogP) is 5.23. The highest BCUT2D eigenvalue weighted by Gasteiger charge is 2.63. The first-order chi connectivity index (χ1) is 12.6. The molecule has 0 amide bonds. The van der Waals surface area contributed by atoms with E-state index < -0.39 is 5.60 Å². The van der Waals surface area contributed by atoms with Crippen molar-refractivity contribution in [2.75, 3.05) is 0 Å². The van der Waals surface area contributed by atoms with E-state index in [1.807, 2.05) is 18.9 Å². The molecule has 5 nitrogen and oxygen atoms in total. The third-order valence-electron chi connectivity index (χ3n) is 9.26. The van der Waals surface area contributed by atoms with Crippen molar-refractivity contribution in [1.82, 2.24) is 5.06 Å². The van der Waals surface area contributed by atoms with Crippen LogP contribution in [0, 0.1) is 28.6 Å². The number of rotatable bonds is 7. The van der Waals surface area contributed by atoms with Crippen LogP contribution in [0.15, 0.2) is 0 Å². The Morgan fingerprint density at radius 1 is 1.07 bits per heavy atom. The Morgan fingerprint density at radius 2 is 1.64 bits per heavy atom. The van der Waals surface area contributed by atoms with Gasteiger partial charge in [0.2, 0.25) is 0 Å². The van der Waals surface area contributed by atoms with E-state index in [9.17, 15) is 5.11 Å². The van der Waals surface area contributed by atoms with Crippen LogP contribution in [-0.4, -0.2) is 26.8 Å². The summed E-state index contributed by atoms with van der Waals surface area (Å²) in [5, 5.41) is 13.1. The molecule has 0 heterocycles. The summed E-state index contributed by atoms with van der Waals surface area (Å²) in [6, 6.07) is 0. The maximum Gasteiger partial charge on any atom is 0.0645 e. The summed E-state index contributed by atoms with van der Waals surface area (Å²) in [4.78, 5) is 10.4. The number of nitrogens with zero attached hydrogens (tertiary/aromatic N) is 1. The minimum absolute atomic E-state index is 0.00155. The number of aliphatic hydroxyl groups is 1. The Morgan fingerprint density at radius 3 is 2.11 bits per heavy atom. The van der Waals surface area contributed by atoms with Crippen molar-refractivity contribution in [2.45, 2.75) is 118 Å². The maximum absolute atomic E-state index is 11.1. The van der Waals surface area contributed by atoms with Crippen molar-refractivity contribution in [3.8, 4) is 0 Å². The monoisotopic (exact) mass is 398 g/mol. The molecule has 166 valence electrons. The third kappa shape index (κ3) is 3.78. The molecule has 5 heteroatoms. The van der Waals surface area contributed by atoms with Crippen molar-refractivity contribution in [3.63, 3.8) is 0 Å². The molecule has 2 aliphatic carbocycles. The Hall–Kier alpha value is -0.200. The van der Waals surface area contributed by atoms with E-state index in [4.69, 9.17) is 15.9 Å². The van der Waals surface area contributed by atoms with Gasteiger partial charge in [0, 0.05) is 11.1 Å². The fourth-order valence-corrected chi connectivity index (χ4v) is 6.37. The SMILES string of the molecule is CCC(C)(C)N(OON)C(C)(C)C12CC(C)C(C)C(CC(C)(C(C)(C)O)C1)C2. The fraction of sp³-hybridized carbons (Fsp3) is 1.00. The highest BCUT2D eigenvalue weighted by molar-refractivity contribution is 5.13. The third-order valence-corrected chi connectivity index (χ3v) is 9.26. The number of hydrogen-bond donors (Lipinski definition) is 2. The molecule has 0 aromatic heterocycles. The molecule has 5 unspecified atom stereocenters. The van der Waals surface area contributed by atoms with Crippen LogP contribution in [0.25, 0.3) is 0 Å². The molecule has 2 rings (SSSR count). The lowest BCUT2D eigenvalue weighted by molar-refractivity contribution is -0.485. The summed E-state index contributed by atoms with van der Waals surface area (Å²) in [6.07, 6.45) is 5.22. The van der Waals surface area contributed by atoms with Gasteiger partial charge in [-0.3, -0.25) is 0 Å². The van der Waals surface area contributed by atoms with Crippen LogP contribution in [-0.2, 0) is 9.98 Å². The van der Waals surface area contributed by atoms with Crippen molar-refractivity contribution < 1.29 is 15.1 Å². The van der Waals surface area contributed by atoms with E-state index in [1.54, 1.807) is 0 Å². The zero-order valence-electron chi connectivity index (χ0n) is 20.1. The molecular formula is C23H46N2O3. The predicted molar refractivity (Wildman–Crippen MR) is 114 cm³/mol. The molecule has 0 radical (unpaired) electrons. The molecule has 0 saturated heterocycles. The van der Waals surface area contributed by atoms with E-state index in [-0.39, 0.29) is 21.9 Å². The van der Waals surface area contributed by atoms with Gasteiger partial charge in [-0.15, -0.1) is 15.0 Å². The smallest absolute Gasteiger partial charge is 0.0645 e. The second-order valence-corrected chi connectivity index (χ2v) is 12.0. The Balaban J connectivity index is 2.59. The normalized spacial score (nSPS) is 37.4. The zero-order chi connectivity index (χ0) is 21.8. The summed E-state index contributed by atoms with van der Waals surface area (Å²) in [5.41, 5.74) is -1.42. The quantitative estimate of drug-likeness (QED) is 0.454. The number of fused-ring (bicyclic) bond motifs is 2. The minimum atomic E-state index is -0.733. The first-order valence-corrected chi connectivity index (χ1v) is 11.1. The summed E-state index contributed by atoms with van der Waals surface area (Å²) >= 11 is 0. The van der Waals surface area contributed by atoms with Crippen LogP contribution in [0.3, 0.4) is 0 Å². The van der Waals surface area contributed by atoms with Gasteiger partial charge in [0.25, 0.3) is 0 Å². The van der Waals surface area contributed by atoms with E-state index in [2.05, 4.69) is 55.4 Å². The molecule has 3 N–H and O–H groups in total. The van der Waals surface area contributed by atoms with Gasteiger partial charge in [0.15, 0.2) is 0 Å². The largest absolute Gasteiger partial charge is 0.390 e. The van der Waals surface area contributed by atoms with Gasteiger partial charge >= 0.3 is 0 Å². The van der Waals surface area contributed by atoms with E-state index in [0.717, 1.165) is 32.1 Å². The Labute approximate surface area is 173 Å². The van der Waals surface area contributed by atoms with Crippen LogP contribution in [0.5, 0.6) is 0 Å². The molecule has 2 aliphatic rings. The van der Waals surface area contributed by atoms with Crippen LogP contribution < -0.4 is 5.90 Å². The van der Waals surface area contributed by atoms with Crippen LogP contribution in [0.1, 0.15) is 101 Å². The minimum Gasteiger partial charge on any atom is -0.390 e. The second-order valence-electron chi connectivity index (χ2n) is 12.0. The van der Waals surface area contributed by atoms with Gasteiger partial charge < -0.3 is 5.11 Å². The van der Waals surface area contributed by atoms with Crippen LogP contribution in [0.2, 0.25) is 0 Å². The summed E-state index contributed by atoms with van der Waals surface area (Å²) < 4.78 is 0. The lowest BCUT2D eigenvalue weighted by Gasteiger charge is -2.66. The summed E-state index contributed by atoms with van der Waals surface area (Å²) in [5.74, 6) is 7.29. The fourth-order valence-electron chi connectivity index (χ4n) is 6.37. The number of hydroxylamine groups is 2. The molecule has 2 saturated carbocycles. The van der Waals surface area contributed by atoms with Gasteiger partial charge in [-0.1, -0.05) is 27.7 Å². The lowest BCUT2D eigenvalue weighted by Crippen LogP contribution is -2.68. The first-order valence-electron chi connectivity index (χ1n) is 11.1. The molecule has 0 aromatic carbocycles. The summed E-state index contributed by atoms with van der Waals surface area (Å²) in [7, 11) is 0. The average Bonchev–Trinajstić information content (AvgIpc) is 2.55. The van der Waals surface area contributed by atoms with Gasteiger partial charge in [0.1, 0.15) is 0 Å².